The average Bonchev–Trinajstić information content (AvgIpc) is 2.02. The van der Waals surface area contributed by atoms with E-state index in [-0.39, 0.29) is 0 Å². The molecule has 1 saturated heterocycles. The molecular weight excluding hydrogens is 172 g/mol. The van der Waals surface area contributed by atoms with Gasteiger partial charge < -0.3 is 0 Å². The largest absolute Gasteiger partial charge is 0.0840 e. The summed E-state index contributed by atoms with van der Waals surface area (Å²) in [6.07, 6.45) is 4.20. The van der Waals surface area contributed by atoms with Crippen molar-refractivity contribution in [2.24, 2.45) is 0 Å². The van der Waals surface area contributed by atoms with Crippen molar-refractivity contribution in [3.05, 3.63) is 29.3 Å². The molecule has 1 fully saturated rings. The van der Waals surface area contributed by atoms with Crippen LogP contribution in [0.5, 0.6) is 0 Å². The molecule has 1 heterocycles. The van der Waals surface area contributed by atoms with E-state index in [0.29, 0.717) is 0 Å². The van der Waals surface area contributed by atoms with Crippen LogP contribution in [0.1, 0.15) is 17.5 Å². The Balaban J connectivity index is 2.09. The average molecular weight is 188 g/mol. The lowest BCUT2D eigenvalue weighted by Crippen LogP contribution is -2.53. The zero-order chi connectivity index (χ0) is 8.89. The quantitative estimate of drug-likeness (QED) is 0.594. The number of rotatable bonds is 1. The topological polar surface area (TPSA) is 0 Å². The molecule has 68 valence electrons. The predicted octanol–water partition coefficient (Wildman–Crippen LogP) is 2.47. The smallest absolute Gasteiger partial charge is 0.0652 e. The summed E-state index contributed by atoms with van der Waals surface area (Å²) in [6.45, 7) is 2.57. The third-order valence-electron chi connectivity index (χ3n) is 4.02. The van der Waals surface area contributed by atoms with Crippen LogP contribution in [0.2, 0.25) is 18.6 Å². The van der Waals surface area contributed by atoms with E-state index in [0.717, 1.165) is 0 Å². The molecule has 0 spiro atoms. The molecule has 0 nitrogen and oxygen atoms in total. The highest BCUT2D eigenvalue weighted by Gasteiger charge is 2.38. The van der Waals surface area contributed by atoms with Gasteiger partial charge in [0.1, 0.15) is 0 Å². The molecule has 0 saturated carbocycles. The third kappa shape index (κ3) is 0.968. The molecule has 0 bridgehead atoms. The normalized spacial score (nSPS) is 22.8. The van der Waals surface area contributed by atoms with E-state index in [9.17, 15) is 0 Å². The first kappa shape index (κ1) is 7.81. The molecule has 0 atom stereocenters. The Morgan fingerprint density at radius 3 is 2.54 bits per heavy atom. The summed E-state index contributed by atoms with van der Waals surface area (Å²) in [7, 11) is -0.898. The Hall–Kier alpha value is -0.563. The van der Waals surface area contributed by atoms with Gasteiger partial charge in [-0.25, -0.2) is 0 Å². The highest BCUT2D eigenvalue weighted by molar-refractivity contribution is 6.93. The summed E-state index contributed by atoms with van der Waals surface area (Å²) < 4.78 is 0. The third-order valence-corrected chi connectivity index (χ3v) is 8.71. The van der Waals surface area contributed by atoms with E-state index in [4.69, 9.17) is 0 Å². The lowest BCUT2D eigenvalue weighted by molar-refractivity contribution is 0.838. The number of hydrogen-bond acceptors (Lipinski definition) is 0. The molecule has 1 aliphatic heterocycles. The fraction of sp³-hybridized carbons (Fsp3) is 0.500. The van der Waals surface area contributed by atoms with Crippen molar-refractivity contribution in [3.63, 3.8) is 0 Å². The first-order valence-electron chi connectivity index (χ1n) is 5.41. The molecule has 0 unspecified atom stereocenters. The molecule has 1 aromatic carbocycles. The standard InChI is InChI=1S/C12H16Si/c1-13(8-3-9-13)12-5-2-4-10-6-7-11(10)12/h2,4-5H,3,6-9H2,1H3. The Morgan fingerprint density at radius 2 is 2.00 bits per heavy atom. The van der Waals surface area contributed by atoms with Crippen molar-refractivity contribution >= 4 is 13.3 Å². The Bertz CT molecular complexity index is 350. The zero-order valence-corrected chi connectivity index (χ0v) is 9.27. The maximum Gasteiger partial charge on any atom is 0.0840 e. The summed E-state index contributed by atoms with van der Waals surface area (Å²) in [5, 5.41) is 1.81. The van der Waals surface area contributed by atoms with E-state index in [1.165, 1.54) is 19.3 Å². The fourth-order valence-corrected chi connectivity index (χ4v) is 6.25. The highest BCUT2D eigenvalue weighted by Crippen LogP contribution is 2.34. The number of hydrogen-bond donors (Lipinski definition) is 0. The Kier molecular flexibility index (Phi) is 1.49. The lowest BCUT2D eigenvalue weighted by atomic mass is 9.89. The second-order valence-corrected chi connectivity index (χ2v) is 9.52. The van der Waals surface area contributed by atoms with Crippen LogP contribution in [-0.4, -0.2) is 8.07 Å². The van der Waals surface area contributed by atoms with Crippen LogP contribution in [0.15, 0.2) is 18.2 Å². The van der Waals surface area contributed by atoms with Crippen molar-refractivity contribution < 1.29 is 0 Å². The van der Waals surface area contributed by atoms with Crippen LogP contribution in [0, 0.1) is 0 Å². The van der Waals surface area contributed by atoms with Crippen molar-refractivity contribution in [1.29, 1.82) is 0 Å². The molecule has 1 heteroatoms. The molecule has 0 aromatic heterocycles. The van der Waals surface area contributed by atoms with Gasteiger partial charge in [0.25, 0.3) is 0 Å². The minimum Gasteiger partial charge on any atom is -0.0652 e. The van der Waals surface area contributed by atoms with Gasteiger partial charge in [-0.2, -0.15) is 0 Å². The molecule has 2 aliphatic rings. The molecule has 3 rings (SSSR count). The van der Waals surface area contributed by atoms with Gasteiger partial charge in [0.15, 0.2) is 0 Å². The van der Waals surface area contributed by atoms with Crippen LogP contribution >= 0.6 is 0 Å². The van der Waals surface area contributed by atoms with E-state index < -0.39 is 8.07 Å². The lowest BCUT2D eigenvalue weighted by Gasteiger charge is -2.40. The second kappa shape index (κ2) is 2.47. The molecule has 0 amide bonds. The minimum absolute atomic E-state index is 0.898. The molecular formula is C12H16Si. The molecule has 1 aromatic rings. The van der Waals surface area contributed by atoms with Gasteiger partial charge in [0.2, 0.25) is 0 Å². The number of fused-ring (bicyclic) bond motifs is 1. The summed E-state index contributed by atoms with van der Waals surface area (Å²) in [5.41, 5.74) is 3.40. The number of benzene rings is 1. The van der Waals surface area contributed by atoms with Gasteiger partial charge in [-0.05, 0) is 24.0 Å². The number of aryl methyl sites for hydroxylation is 1. The van der Waals surface area contributed by atoms with Gasteiger partial charge in [0, 0.05) is 0 Å². The first-order chi connectivity index (χ1) is 6.30. The van der Waals surface area contributed by atoms with Crippen molar-refractivity contribution in [1.82, 2.24) is 0 Å². The molecule has 0 N–H and O–H groups in total. The fourth-order valence-electron chi connectivity index (χ4n) is 2.79. The summed E-state index contributed by atoms with van der Waals surface area (Å²) >= 11 is 0. The zero-order valence-electron chi connectivity index (χ0n) is 8.27. The van der Waals surface area contributed by atoms with Crippen LogP contribution in [0.4, 0.5) is 0 Å². The minimum atomic E-state index is -0.898. The second-order valence-electron chi connectivity index (χ2n) is 4.86. The summed E-state index contributed by atoms with van der Waals surface area (Å²) in [4.78, 5) is 0. The molecule has 0 radical (unpaired) electrons. The van der Waals surface area contributed by atoms with E-state index in [1.807, 2.05) is 5.19 Å². The van der Waals surface area contributed by atoms with Crippen LogP contribution in [-0.2, 0) is 12.8 Å². The van der Waals surface area contributed by atoms with Gasteiger partial charge in [0.05, 0.1) is 8.07 Å². The monoisotopic (exact) mass is 188 g/mol. The SMILES string of the molecule is C[Si]1(c2cccc3c2CC3)CCC1. The Morgan fingerprint density at radius 1 is 1.15 bits per heavy atom. The first-order valence-corrected chi connectivity index (χ1v) is 8.32. The maximum absolute atomic E-state index is 2.57. The van der Waals surface area contributed by atoms with Gasteiger partial charge in [-0.3, -0.25) is 0 Å². The van der Waals surface area contributed by atoms with E-state index in [2.05, 4.69) is 24.7 Å². The van der Waals surface area contributed by atoms with Crippen LogP contribution < -0.4 is 5.19 Å². The molecule has 1 aliphatic carbocycles. The van der Waals surface area contributed by atoms with Crippen LogP contribution in [0.25, 0.3) is 0 Å². The van der Waals surface area contributed by atoms with Crippen molar-refractivity contribution in [3.8, 4) is 0 Å². The highest BCUT2D eigenvalue weighted by atomic mass is 28.3. The summed E-state index contributed by atoms with van der Waals surface area (Å²) in [5.74, 6) is 0. The van der Waals surface area contributed by atoms with Crippen molar-refractivity contribution in [2.75, 3.05) is 0 Å². The maximum atomic E-state index is 2.57. The molecule has 13 heavy (non-hydrogen) atoms. The van der Waals surface area contributed by atoms with Gasteiger partial charge >= 0.3 is 0 Å². The summed E-state index contributed by atoms with van der Waals surface area (Å²) in [6, 6.07) is 10.1. The Labute approximate surface area is 81.0 Å². The van der Waals surface area contributed by atoms with E-state index in [1.54, 1.807) is 23.2 Å². The van der Waals surface area contributed by atoms with E-state index >= 15 is 0 Å². The van der Waals surface area contributed by atoms with Crippen molar-refractivity contribution in [2.45, 2.75) is 37.9 Å². The predicted molar refractivity (Wildman–Crippen MR) is 59.3 cm³/mol. The van der Waals surface area contributed by atoms with Gasteiger partial charge in [-0.1, -0.05) is 48.4 Å². The van der Waals surface area contributed by atoms with Crippen LogP contribution in [0.3, 0.4) is 0 Å². The van der Waals surface area contributed by atoms with Gasteiger partial charge in [-0.15, -0.1) is 0 Å².